The number of allylic oxidation sites excluding steroid dienone is 1. The first-order valence-corrected chi connectivity index (χ1v) is 11.0. The van der Waals surface area contributed by atoms with Crippen molar-refractivity contribution in [2.24, 2.45) is 0 Å². The lowest BCUT2D eigenvalue weighted by atomic mass is 9.85. The van der Waals surface area contributed by atoms with Gasteiger partial charge in [0.2, 0.25) is 0 Å². The number of methoxy groups -OCH3 is 1. The highest BCUT2D eigenvalue weighted by Gasteiger charge is 2.30. The molecular weight excluding hydrogens is 404 g/mol. The topological polar surface area (TPSA) is 78.9 Å². The van der Waals surface area contributed by atoms with Crippen molar-refractivity contribution in [1.82, 2.24) is 10.2 Å². The highest BCUT2D eigenvalue weighted by Crippen LogP contribution is 2.32. The molecule has 6 heteroatoms. The largest absolute Gasteiger partial charge is 0.497 e. The Balaban J connectivity index is 1.58. The van der Waals surface area contributed by atoms with Crippen LogP contribution in [0.3, 0.4) is 0 Å². The van der Waals surface area contributed by atoms with Crippen LogP contribution in [0.4, 0.5) is 0 Å². The zero-order valence-electron chi connectivity index (χ0n) is 18.9. The first kappa shape index (κ1) is 22.1. The van der Waals surface area contributed by atoms with Crippen LogP contribution >= 0.6 is 0 Å². The van der Waals surface area contributed by atoms with Gasteiger partial charge in [-0.2, -0.15) is 0 Å². The summed E-state index contributed by atoms with van der Waals surface area (Å²) < 4.78 is 5.37. The summed E-state index contributed by atoms with van der Waals surface area (Å²) in [6.07, 6.45) is 4.19. The van der Waals surface area contributed by atoms with E-state index < -0.39 is 0 Å². The fourth-order valence-electron chi connectivity index (χ4n) is 4.60. The van der Waals surface area contributed by atoms with Crippen LogP contribution in [-0.4, -0.2) is 53.5 Å². The van der Waals surface area contributed by atoms with Crippen molar-refractivity contribution in [2.45, 2.75) is 44.7 Å². The van der Waals surface area contributed by atoms with Gasteiger partial charge in [0.15, 0.2) is 5.78 Å². The summed E-state index contributed by atoms with van der Waals surface area (Å²) in [4.78, 5) is 27.5. The molecule has 2 N–H and O–H groups in total. The molecule has 0 radical (unpaired) electrons. The Kier molecular flexibility index (Phi) is 6.07. The Morgan fingerprint density at radius 2 is 1.91 bits per heavy atom. The molecule has 6 nitrogen and oxygen atoms in total. The minimum Gasteiger partial charge on any atom is -0.497 e. The minimum absolute atomic E-state index is 0.0223. The van der Waals surface area contributed by atoms with Crippen LogP contribution in [0.1, 0.15) is 58.5 Å². The number of carbonyl (C=O) groups excluding carboxylic acids is 2. The number of amides is 1. The maximum Gasteiger partial charge on any atom is 0.254 e. The van der Waals surface area contributed by atoms with Crippen molar-refractivity contribution in [3.63, 3.8) is 0 Å². The molecule has 1 fully saturated rings. The molecular formula is C26H30N2O4. The summed E-state index contributed by atoms with van der Waals surface area (Å²) in [5.41, 5.74) is 3.77. The van der Waals surface area contributed by atoms with Crippen LogP contribution in [0.2, 0.25) is 0 Å². The van der Waals surface area contributed by atoms with Crippen LogP contribution in [0.25, 0.3) is 5.70 Å². The highest BCUT2D eigenvalue weighted by molar-refractivity contribution is 6.09. The van der Waals surface area contributed by atoms with Gasteiger partial charge in [-0.1, -0.05) is 18.2 Å². The number of carbonyl (C=O) groups is 2. The van der Waals surface area contributed by atoms with Crippen molar-refractivity contribution in [2.75, 3.05) is 20.3 Å². The predicted molar refractivity (Wildman–Crippen MR) is 124 cm³/mol. The Morgan fingerprint density at radius 3 is 2.59 bits per heavy atom. The smallest absolute Gasteiger partial charge is 0.254 e. The van der Waals surface area contributed by atoms with Gasteiger partial charge < -0.3 is 20.1 Å². The van der Waals surface area contributed by atoms with Crippen LogP contribution in [0.15, 0.2) is 48.5 Å². The molecule has 168 valence electrons. The number of aliphatic hydroxyl groups excluding tert-OH is 1. The van der Waals surface area contributed by atoms with E-state index in [9.17, 15) is 14.7 Å². The van der Waals surface area contributed by atoms with Crippen molar-refractivity contribution in [3.05, 3.63) is 70.8 Å². The van der Waals surface area contributed by atoms with E-state index in [1.54, 1.807) is 42.4 Å². The van der Waals surface area contributed by atoms with E-state index in [0.29, 0.717) is 17.7 Å². The van der Waals surface area contributed by atoms with Crippen LogP contribution in [0, 0.1) is 0 Å². The van der Waals surface area contributed by atoms with Gasteiger partial charge in [0, 0.05) is 40.5 Å². The molecule has 1 atom stereocenters. The second kappa shape index (κ2) is 8.79. The summed E-state index contributed by atoms with van der Waals surface area (Å²) in [6.45, 7) is 4.85. The fraction of sp³-hybridized carbons (Fsp3) is 0.385. The number of nitrogens with one attached hydrogen (secondary N) is 1. The van der Waals surface area contributed by atoms with Gasteiger partial charge in [-0.15, -0.1) is 0 Å². The number of ether oxygens (including phenoxy) is 1. The molecule has 2 aliphatic rings. The first-order valence-electron chi connectivity index (χ1n) is 11.0. The predicted octanol–water partition coefficient (Wildman–Crippen LogP) is 3.44. The Morgan fingerprint density at radius 1 is 1.19 bits per heavy atom. The highest BCUT2D eigenvalue weighted by atomic mass is 16.5. The van der Waals surface area contributed by atoms with Gasteiger partial charge in [-0.3, -0.25) is 9.59 Å². The number of aliphatic hydroxyl groups is 1. The molecule has 1 amide bonds. The average Bonchev–Trinajstić information content (AvgIpc) is 3.26. The molecule has 0 unspecified atom stereocenters. The van der Waals surface area contributed by atoms with Crippen molar-refractivity contribution < 1.29 is 19.4 Å². The maximum atomic E-state index is 13.0. The lowest BCUT2D eigenvalue weighted by Crippen LogP contribution is -2.43. The standard InChI is InChI=1S/C26H30N2O4/c1-26(2)15-19-10-11-21(32-3)13-22(19)23(27-26)14-24(30)17-6-8-18(9-7-17)25(31)28-12-4-5-20(28)16-29/h6-11,13-14,20,27,29H,4-5,12,15-16H2,1-3H3/t20-/m1/s1. The van der Waals surface area contributed by atoms with Gasteiger partial charge >= 0.3 is 0 Å². The lowest BCUT2D eigenvalue weighted by Gasteiger charge is -2.35. The molecule has 2 aromatic rings. The number of ketones is 1. The van der Waals surface area contributed by atoms with E-state index >= 15 is 0 Å². The number of benzene rings is 2. The third-order valence-corrected chi connectivity index (χ3v) is 6.25. The number of nitrogens with zero attached hydrogens (tertiary/aromatic N) is 1. The molecule has 2 aliphatic heterocycles. The summed E-state index contributed by atoms with van der Waals surface area (Å²) in [5, 5.41) is 13.0. The molecule has 0 bridgehead atoms. The van der Waals surface area contributed by atoms with Crippen LogP contribution < -0.4 is 10.1 Å². The Labute approximate surface area is 188 Å². The zero-order valence-corrected chi connectivity index (χ0v) is 18.9. The van der Waals surface area contributed by atoms with Gasteiger partial charge in [0.05, 0.1) is 19.8 Å². The summed E-state index contributed by atoms with van der Waals surface area (Å²) >= 11 is 0. The lowest BCUT2D eigenvalue weighted by molar-refractivity contribution is 0.0677. The second-order valence-corrected chi connectivity index (χ2v) is 9.19. The number of fused-ring (bicyclic) bond motifs is 1. The molecule has 2 aromatic carbocycles. The zero-order chi connectivity index (χ0) is 22.9. The number of likely N-dealkylation sites (tertiary alicyclic amines) is 1. The maximum absolute atomic E-state index is 13.0. The van der Waals surface area contributed by atoms with Crippen molar-refractivity contribution in [1.29, 1.82) is 0 Å². The van der Waals surface area contributed by atoms with Gasteiger partial charge in [-0.25, -0.2) is 0 Å². The molecule has 4 rings (SSSR count). The van der Waals surface area contributed by atoms with E-state index in [1.165, 1.54) is 5.56 Å². The first-order chi connectivity index (χ1) is 15.3. The molecule has 0 aliphatic carbocycles. The number of hydrogen-bond donors (Lipinski definition) is 2. The second-order valence-electron chi connectivity index (χ2n) is 9.19. The average molecular weight is 435 g/mol. The SMILES string of the molecule is COc1ccc2c(c1)C(=CC(=O)c1ccc(C(=O)N3CCC[C@@H]3CO)cc1)NC(C)(C)C2. The van der Waals surface area contributed by atoms with Gasteiger partial charge in [-0.05, 0) is 62.9 Å². The Hall–Kier alpha value is -3.12. The van der Waals surface area contributed by atoms with E-state index in [1.807, 2.05) is 18.2 Å². The monoisotopic (exact) mass is 434 g/mol. The third-order valence-electron chi connectivity index (χ3n) is 6.25. The number of hydrogen-bond acceptors (Lipinski definition) is 5. The third kappa shape index (κ3) is 4.41. The van der Waals surface area contributed by atoms with Gasteiger partial charge in [0.25, 0.3) is 5.91 Å². The molecule has 32 heavy (non-hydrogen) atoms. The van der Waals surface area contributed by atoms with Crippen molar-refractivity contribution in [3.8, 4) is 5.75 Å². The van der Waals surface area contributed by atoms with E-state index in [0.717, 1.165) is 36.3 Å². The van der Waals surface area contributed by atoms with E-state index in [4.69, 9.17) is 4.74 Å². The van der Waals surface area contributed by atoms with Crippen LogP contribution in [-0.2, 0) is 6.42 Å². The van der Waals surface area contributed by atoms with E-state index in [-0.39, 0.29) is 29.9 Å². The fourth-order valence-corrected chi connectivity index (χ4v) is 4.60. The minimum atomic E-state index is -0.178. The normalized spacial score (nSPS) is 20.6. The van der Waals surface area contributed by atoms with Crippen LogP contribution in [0.5, 0.6) is 5.75 Å². The molecule has 2 heterocycles. The summed E-state index contributed by atoms with van der Waals surface area (Å²) in [6, 6.07) is 12.6. The summed E-state index contributed by atoms with van der Waals surface area (Å²) in [7, 11) is 1.63. The van der Waals surface area contributed by atoms with E-state index in [2.05, 4.69) is 19.2 Å². The quantitative estimate of drug-likeness (QED) is 0.557. The molecule has 0 saturated carbocycles. The summed E-state index contributed by atoms with van der Waals surface area (Å²) in [5.74, 6) is 0.512. The van der Waals surface area contributed by atoms with Gasteiger partial charge in [0.1, 0.15) is 5.75 Å². The molecule has 0 aromatic heterocycles. The molecule has 0 spiro atoms. The number of rotatable bonds is 5. The van der Waals surface area contributed by atoms with Crippen molar-refractivity contribution >= 4 is 17.4 Å². The Bertz CT molecular complexity index is 1060. The molecule has 1 saturated heterocycles.